The Bertz CT molecular complexity index is 1640. The van der Waals surface area contributed by atoms with Gasteiger partial charge in [0.1, 0.15) is 36.6 Å². The summed E-state index contributed by atoms with van der Waals surface area (Å²) < 4.78 is 9.97. The lowest BCUT2D eigenvalue weighted by Crippen LogP contribution is -2.60. The maximum absolute atomic E-state index is 14.1. The van der Waals surface area contributed by atoms with Crippen molar-refractivity contribution in [2.75, 3.05) is 22.1 Å². The zero-order valence-corrected chi connectivity index (χ0v) is 27.1. The van der Waals surface area contributed by atoms with Gasteiger partial charge in [0.05, 0.1) is 12.2 Å². The fourth-order valence-corrected chi connectivity index (χ4v) is 6.21. The normalized spacial score (nSPS) is 34.3. The minimum absolute atomic E-state index is 0.0452. The molecule has 0 saturated carbocycles. The number of benzene rings is 2. The van der Waals surface area contributed by atoms with Crippen molar-refractivity contribution in [1.29, 1.82) is 0 Å². The Kier molecular flexibility index (Phi) is 11.6. The topological polar surface area (TPSA) is 299 Å². The molecule has 3 amide bonds. The first-order chi connectivity index (χ1) is 24.1. The number of hydrogen-bond acceptors (Lipinski definition) is 15. The van der Waals surface area contributed by atoms with Gasteiger partial charge >= 0.3 is 0 Å². The zero-order valence-electron chi connectivity index (χ0n) is 27.1. The van der Waals surface area contributed by atoms with Crippen LogP contribution in [0.4, 0.5) is 17.1 Å². The van der Waals surface area contributed by atoms with Crippen LogP contribution in [-0.2, 0) is 36.0 Å². The summed E-state index contributed by atoms with van der Waals surface area (Å²) in [6.07, 6.45) is -15.2. The maximum Gasteiger partial charge on any atom is 0.264 e. The highest BCUT2D eigenvalue weighted by molar-refractivity contribution is 6.08. The highest BCUT2D eigenvalue weighted by Gasteiger charge is 2.53. The van der Waals surface area contributed by atoms with E-state index in [1.807, 2.05) is 0 Å². The molecule has 0 radical (unpaired) electrons. The molecule has 18 heteroatoms. The number of carbonyl (C=O) groups is 3. The molecule has 2 aromatic rings. The lowest BCUT2D eigenvalue weighted by molar-refractivity contribution is -0.274. The van der Waals surface area contributed by atoms with E-state index in [1.165, 1.54) is 35.2 Å². The van der Waals surface area contributed by atoms with E-state index in [9.17, 15) is 65.4 Å². The molecule has 12 atom stereocenters. The van der Waals surface area contributed by atoms with Crippen LogP contribution in [0.1, 0.15) is 24.5 Å². The number of fused-ring (bicyclic) bond motifs is 1. The SMILES string of the molecule is C[C@H](/C=C/CCO)[C@@]1(O)C(=O)N(Cc2cccc(NC(=O)[C@H]3O[C@@H](O)[C@H](O)[C@@H](O)[C@@H]3O)c2)c2ccc(NC(=O)[C@H]3O[C@@H](O)[C@H](O)[C@@H](O)[C@@H]3O)cc21. The van der Waals surface area contributed by atoms with Crippen molar-refractivity contribution in [3.05, 3.63) is 65.7 Å². The van der Waals surface area contributed by atoms with Gasteiger partial charge in [-0.3, -0.25) is 14.4 Å². The van der Waals surface area contributed by atoms with Crippen LogP contribution in [0.15, 0.2) is 54.6 Å². The van der Waals surface area contributed by atoms with E-state index in [-0.39, 0.29) is 42.2 Å². The highest BCUT2D eigenvalue weighted by atomic mass is 16.6. The predicted octanol–water partition coefficient (Wildman–Crippen LogP) is -3.53. The highest BCUT2D eigenvalue weighted by Crippen LogP contribution is 2.47. The van der Waals surface area contributed by atoms with Gasteiger partial charge in [0.15, 0.2) is 30.4 Å². The van der Waals surface area contributed by atoms with Gasteiger partial charge in [-0.2, -0.15) is 0 Å². The minimum Gasteiger partial charge on any atom is -0.396 e. The first-order valence-electron chi connectivity index (χ1n) is 16.0. The van der Waals surface area contributed by atoms with Crippen molar-refractivity contribution in [1.82, 2.24) is 0 Å². The summed E-state index contributed by atoms with van der Waals surface area (Å²) in [6, 6.07) is 10.4. The molecule has 2 aromatic carbocycles. The third kappa shape index (κ3) is 7.40. The van der Waals surface area contributed by atoms with Crippen LogP contribution in [0.5, 0.6) is 0 Å². The number of ether oxygens (including phenoxy) is 2. The quantitative estimate of drug-likeness (QED) is 0.106. The van der Waals surface area contributed by atoms with E-state index < -0.39 is 90.7 Å². The Morgan fingerprint density at radius 3 is 1.92 bits per heavy atom. The van der Waals surface area contributed by atoms with Crippen LogP contribution in [-0.4, -0.2) is 137 Å². The van der Waals surface area contributed by atoms with Crippen LogP contribution in [0, 0.1) is 5.92 Å². The number of aliphatic hydroxyl groups is 10. The molecule has 0 aromatic heterocycles. The van der Waals surface area contributed by atoms with Crippen LogP contribution < -0.4 is 15.5 Å². The summed E-state index contributed by atoms with van der Waals surface area (Å²) in [4.78, 5) is 41.3. The first-order valence-corrected chi connectivity index (χ1v) is 16.0. The smallest absolute Gasteiger partial charge is 0.264 e. The molecule has 51 heavy (non-hydrogen) atoms. The summed E-state index contributed by atoms with van der Waals surface area (Å²) >= 11 is 0. The molecule has 3 aliphatic rings. The van der Waals surface area contributed by atoms with Crippen molar-refractivity contribution in [3.63, 3.8) is 0 Å². The molecule has 5 rings (SSSR count). The van der Waals surface area contributed by atoms with Crippen LogP contribution >= 0.6 is 0 Å². The van der Waals surface area contributed by atoms with Gasteiger partial charge in [0.25, 0.3) is 17.7 Å². The van der Waals surface area contributed by atoms with Crippen LogP contribution in [0.3, 0.4) is 0 Å². The van der Waals surface area contributed by atoms with Gasteiger partial charge in [0.2, 0.25) is 0 Å². The zero-order chi connectivity index (χ0) is 37.4. The van der Waals surface area contributed by atoms with E-state index in [0.29, 0.717) is 5.56 Å². The number of rotatable bonds is 10. The Morgan fingerprint density at radius 2 is 1.37 bits per heavy atom. The molecule has 12 N–H and O–H groups in total. The molecule has 278 valence electrons. The largest absolute Gasteiger partial charge is 0.396 e. The van der Waals surface area contributed by atoms with Crippen molar-refractivity contribution in [2.45, 2.75) is 86.9 Å². The Labute approximate surface area is 290 Å². The minimum atomic E-state index is -2.19. The van der Waals surface area contributed by atoms with Crippen molar-refractivity contribution >= 4 is 34.8 Å². The van der Waals surface area contributed by atoms with E-state index in [4.69, 9.17) is 9.47 Å². The van der Waals surface area contributed by atoms with Crippen LogP contribution in [0.25, 0.3) is 0 Å². The number of anilines is 3. The van der Waals surface area contributed by atoms with Gasteiger partial charge in [-0.05, 0) is 42.3 Å². The maximum atomic E-state index is 14.1. The van der Waals surface area contributed by atoms with Crippen molar-refractivity contribution in [3.8, 4) is 0 Å². The Balaban J connectivity index is 1.40. The number of carbonyl (C=O) groups excluding carboxylic acids is 3. The molecule has 0 unspecified atom stereocenters. The molecule has 2 fully saturated rings. The van der Waals surface area contributed by atoms with Gasteiger partial charge in [-0.15, -0.1) is 0 Å². The molecule has 18 nitrogen and oxygen atoms in total. The molecular weight excluding hydrogens is 678 g/mol. The number of nitrogens with zero attached hydrogens (tertiary/aromatic N) is 1. The first kappa shape index (κ1) is 38.3. The molecule has 3 aliphatic heterocycles. The van der Waals surface area contributed by atoms with Crippen molar-refractivity contribution in [2.24, 2.45) is 5.92 Å². The molecule has 2 saturated heterocycles. The second-order valence-corrected chi connectivity index (χ2v) is 12.6. The number of amides is 3. The van der Waals surface area contributed by atoms with E-state index in [1.54, 1.807) is 31.2 Å². The lowest BCUT2D eigenvalue weighted by Gasteiger charge is -2.37. The number of aliphatic hydroxyl groups excluding tert-OH is 9. The molecule has 3 heterocycles. The summed E-state index contributed by atoms with van der Waals surface area (Å²) in [6.45, 7) is 1.27. The fourth-order valence-electron chi connectivity index (χ4n) is 6.21. The van der Waals surface area contributed by atoms with Gasteiger partial charge < -0.3 is 76.1 Å². The monoisotopic (exact) mass is 719 g/mol. The summed E-state index contributed by atoms with van der Waals surface area (Å²) in [5, 5.41) is 106. The Morgan fingerprint density at radius 1 is 0.824 bits per heavy atom. The Hall–Kier alpha value is -3.89. The molecule has 0 spiro atoms. The van der Waals surface area contributed by atoms with Gasteiger partial charge in [-0.1, -0.05) is 31.2 Å². The van der Waals surface area contributed by atoms with E-state index in [2.05, 4.69) is 10.6 Å². The second-order valence-electron chi connectivity index (χ2n) is 12.6. The molecule has 0 bridgehead atoms. The number of hydrogen-bond donors (Lipinski definition) is 12. The average Bonchev–Trinajstić information content (AvgIpc) is 3.31. The summed E-state index contributed by atoms with van der Waals surface area (Å²) in [7, 11) is 0. The van der Waals surface area contributed by atoms with Crippen molar-refractivity contribution < 1.29 is 74.9 Å². The predicted molar refractivity (Wildman–Crippen MR) is 173 cm³/mol. The molecular formula is C33H41N3O15. The van der Waals surface area contributed by atoms with Crippen LogP contribution in [0.2, 0.25) is 0 Å². The second kappa shape index (κ2) is 15.4. The third-order valence-electron chi connectivity index (χ3n) is 9.14. The fraction of sp³-hybridized carbons (Fsp3) is 0.485. The average molecular weight is 720 g/mol. The summed E-state index contributed by atoms with van der Waals surface area (Å²) in [5.74, 6) is -3.55. The number of nitrogens with one attached hydrogen (secondary N) is 2. The standard InChI is InChI=1S/C33H41N3O15/c1-14(5-2-3-10-37)33(49)18-12-17(35-29(45)27-23(41)21(39)25(43)31(47)51-27)8-9-19(18)36(32(33)48)13-15-6-4-7-16(11-15)34-28(44)26-22(40)20(38)24(42)30(46)50-26/h2,4-9,11-12,14,20-27,30-31,37-43,46-47,49H,3,10,13H2,1H3,(H,34,44)(H,35,45)/b5-2+/t14-,20+,21+,22+,23+,24-,25-,26+,27+,30-,31-,33+/m1/s1. The van der Waals surface area contributed by atoms with E-state index in [0.717, 1.165) is 0 Å². The third-order valence-corrected chi connectivity index (χ3v) is 9.14. The van der Waals surface area contributed by atoms with Gasteiger partial charge in [0, 0.05) is 29.5 Å². The summed E-state index contributed by atoms with van der Waals surface area (Å²) in [5.41, 5.74) is -1.17. The van der Waals surface area contributed by atoms with Gasteiger partial charge in [-0.25, -0.2) is 0 Å². The lowest BCUT2D eigenvalue weighted by atomic mass is 9.82. The van der Waals surface area contributed by atoms with E-state index >= 15 is 0 Å². The molecule has 0 aliphatic carbocycles.